The zero-order chi connectivity index (χ0) is 14.0. The summed E-state index contributed by atoms with van der Waals surface area (Å²) in [6, 6.07) is 6.38. The van der Waals surface area contributed by atoms with Crippen LogP contribution >= 0.6 is 0 Å². The van der Waals surface area contributed by atoms with Gasteiger partial charge in [-0.05, 0) is 54.5 Å². The molecule has 0 saturated carbocycles. The van der Waals surface area contributed by atoms with Crippen LogP contribution in [0.4, 0.5) is 5.69 Å². The molecule has 1 aromatic rings. The minimum absolute atomic E-state index is 0.133. The van der Waals surface area contributed by atoms with Crippen molar-refractivity contribution in [2.75, 3.05) is 18.5 Å². The van der Waals surface area contributed by atoms with Crippen molar-refractivity contribution < 1.29 is 4.79 Å². The second-order valence-electron chi connectivity index (χ2n) is 6.30. The second kappa shape index (κ2) is 5.33. The zero-order valence-electron chi connectivity index (χ0n) is 12.2. The van der Waals surface area contributed by atoms with Crippen molar-refractivity contribution in [2.45, 2.75) is 39.5 Å². The molecule has 0 fully saturated rings. The van der Waals surface area contributed by atoms with Gasteiger partial charge in [-0.25, -0.2) is 0 Å². The highest BCUT2D eigenvalue weighted by Gasteiger charge is 2.23. The number of rotatable bonds is 4. The lowest BCUT2D eigenvalue weighted by atomic mass is 9.89. The van der Waals surface area contributed by atoms with E-state index in [1.54, 1.807) is 4.90 Å². The van der Waals surface area contributed by atoms with E-state index in [1.165, 1.54) is 24.0 Å². The first kappa shape index (κ1) is 14.1. The summed E-state index contributed by atoms with van der Waals surface area (Å²) < 4.78 is 0. The summed E-state index contributed by atoms with van der Waals surface area (Å²) in [5, 5.41) is 0. The SMILES string of the molecule is CN(C(=O)CC(C)(C)CN)c1ccc2c(c1)CCC2. The highest BCUT2D eigenvalue weighted by Crippen LogP contribution is 2.28. The molecule has 104 valence electrons. The Kier molecular flexibility index (Phi) is 3.95. The second-order valence-corrected chi connectivity index (χ2v) is 6.30. The third kappa shape index (κ3) is 3.16. The first-order chi connectivity index (χ1) is 8.93. The summed E-state index contributed by atoms with van der Waals surface area (Å²) >= 11 is 0. The van der Waals surface area contributed by atoms with E-state index in [0.29, 0.717) is 13.0 Å². The third-order valence-corrected chi connectivity index (χ3v) is 4.03. The zero-order valence-corrected chi connectivity index (χ0v) is 12.2. The molecule has 0 aromatic heterocycles. The van der Waals surface area contributed by atoms with Crippen LogP contribution in [-0.4, -0.2) is 19.5 Å². The maximum atomic E-state index is 12.3. The highest BCUT2D eigenvalue weighted by molar-refractivity contribution is 5.93. The summed E-state index contributed by atoms with van der Waals surface area (Å²) in [6.07, 6.45) is 4.03. The van der Waals surface area contributed by atoms with Crippen molar-refractivity contribution >= 4 is 11.6 Å². The Morgan fingerprint density at radius 3 is 2.68 bits per heavy atom. The maximum absolute atomic E-state index is 12.3. The van der Waals surface area contributed by atoms with Crippen molar-refractivity contribution in [2.24, 2.45) is 11.1 Å². The molecule has 3 nitrogen and oxygen atoms in total. The number of fused-ring (bicyclic) bond motifs is 1. The fourth-order valence-electron chi connectivity index (χ4n) is 2.51. The summed E-state index contributed by atoms with van der Waals surface area (Å²) in [5.41, 5.74) is 9.39. The Hall–Kier alpha value is -1.35. The summed E-state index contributed by atoms with van der Waals surface area (Å²) in [6.45, 7) is 4.58. The molecule has 1 aromatic carbocycles. The first-order valence-electron chi connectivity index (χ1n) is 7.01. The number of aryl methyl sites for hydroxylation is 2. The average molecular weight is 260 g/mol. The number of nitrogens with two attached hydrogens (primary N) is 1. The van der Waals surface area contributed by atoms with E-state index < -0.39 is 0 Å². The number of benzene rings is 1. The molecule has 0 spiro atoms. The standard InChI is InChI=1S/C16H24N2O/c1-16(2,11-17)10-15(19)18(3)14-8-7-12-5-4-6-13(12)9-14/h7-9H,4-6,10-11,17H2,1-3H3. The molecule has 0 unspecified atom stereocenters. The number of nitrogens with zero attached hydrogens (tertiary/aromatic N) is 1. The molecule has 2 N–H and O–H groups in total. The molecule has 3 heteroatoms. The quantitative estimate of drug-likeness (QED) is 0.904. The summed E-state index contributed by atoms with van der Waals surface area (Å²) in [7, 11) is 1.85. The van der Waals surface area contributed by atoms with E-state index in [1.807, 2.05) is 20.9 Å². The van der Waals surface area contributed by atoms with Crippen molar-refractivity contribution in [3.8, 4) is 0 Å². The van der Waals surface area contributed by atoms with E-state index >= 15 is 0 Å². The van der Waals surface area contributed by atoms with Gasteiger partial charge in [0.2, 0.25) is 5.91 Å². The van der Waals surface area contributed by atoms with Gasteiger partial charge in [0, 0.05) is 19.2 Å². The highest BCUT2D eigenvalue weighted by atomic mass is 16.2. The normalized spacial score (nSPS) is 14.3. The summed E-state index contributed by atoms with van der Waals surface area (Å²) in [4.78, 5) is 14.0. The largest absolute Gasteiger partial charge is 0.330 e. The lowest BCUT2D eigenvalue weighted by Crippen LogP contribution is -2.34. The Bertz CT molecular complexity index is 480. The van der Waals surface area contributed by atoms with E-state index in [2.05, 4.69) is 18.2 Å². The molecule has 0 aliphatic heterocycles. The topological polar surface area (TPSA) is 46.3 Å². The van der Waals surface area contributed by atoms with Crippen LogP contribution in [0, 0.1) is 5.41 Å². The van der Waals surface area contributed by atoms with Crippen molar-refractivity contribution in [3.63, 3.8) is 0 Å². The van der Waals surface area contributed by atoms with Crippen LogP contribution < -0.4 is 10.6 Å². The van der Waals surface area contributed by atoms with Crippen molar-refractivity contribution in [3.05, 3.63) is 29.3 Å². The Morgan fingerprint density at radius 2 is 2.00 bits per heavy atom. The molecule has 19 heavy (non-hydrogen) atoms. The van der Waals surface area contributed by atoms with Gasteiger partial charge in [0.25, 0.3) is 0 Å². The van der Waals surface area contributed by atoms with E-state index in [-0.39, 0.29) is 11.3 Å². The van der Waals surface area contributed by atoms with Gasteiger partial charge in [-0.1, -0.05) is 19.9 Å². The first-order valence-corrected chi connectivity index (χ1v) is 7.01. The van der Waals surface area contributed by atoms with E-state index in [9.17, 15) is 4.79 Å². The molecule has 0 radical (unpaired) electrons. The molecule has 1 amide bonds. The summed E-state index contributed by atoms with van der Waals surface area (Å²) in [5.74, 6) is 0.133. The van der Waals surface area contributed by atoms with Crippen LogP contribution in [-0.2, 0) is 17.6 Å². The van der Waals surface area contributed by atoms with Crippen LogP contribution in [0.3, 0.4) is 0 Å². The number of carbonyl (C=O) groups is 1. The van der Waals surface area contributed by atoms with Gasteiger partial charge in [-0.15, -0.1) is 0 Å². The van der Waals surface area contributed by atoms with Gasteiger partial charge in [-0.2, -0.15) is 0 Å². The van der Waals surface area contributed by atoms with Gasteiger partial charge < -0.3 is 10.6 Å². The molecular formula is C16H24N2O. The smallest absolute Gasteiger partial charge is 0.227 e. The number of hydrogen-bond donors (Lipinski definition) is 1. The Morgan fingerprint density at radius 1 is 1.32 bits per heavy atom. The molecule has 0 heterocycles. The number of anilines is 1. The monoisotopic (exact) mass is 260 g/mol. The molecular weight excluding hydrogens is 236 g/mol. The minimum atomic E-state index is -0.137. The van der Waals surface area contributed by atoms with Crippen LogP contribution in [0.1, 0.15) is 37.8 Å². The average Bonchev–Trinajstić information content (AvgIpc) is 2.84. The molecule has 0 bridgehead atoms. The predicted octanol–water partition coefficient (Wildman–Crippen LogP) is 2.51. The molecule has 1 aliphatic carbocycles. The molecule has 0 saturated heterocycles. The van der Waals surface area contributed by atoms with E-state index in [0.717, 1.165) is 12.1 Å². The lowest BCUT2D eigenvalue weighted by molar-refractivity contribution is -0.120. The van der Waals surface area contributed by atoms with Crippen LogP contribution in [0.25, 0.3) is 0 Å². The van der Waals surface area contributed by atoms with Crippen LogP contribution in [0.15, 0.2) is 18.2 Å². The molecule has 2 rings (SSSR count). The Labute approximate surface area is 115 Å². The number of amides is 1. The molecule has 0 atom stereocenters. The fraction of sp³-hybridized carbons (Fsp3) is 0.562. The van der Waals surface area contributed by atoms with Crippen molar-refractivity contribution in [1.29, 1.82) is 0 Å². The third-order valence-electron chi connectivity index (χ3n) is 4.03. The van der Waals surface area contributed by atoms with Gasteiger partial charge in [0.05, 0.1) is 0 Å². The Balaban J connectivity index is 2.11. The van der Waals surface area contributed by atoms with Gasteiger partial charge in [-0.3, -0.25) is 4.79 Å². The van der Waals surface area contributed by atoms with Crippen molar-refractivity contribution in [1.82, 2.24) is 0 Å². The fourth-order valence-corrected chi connectivity index (χ4v) is 2.51. The maximum Gasteiger partial charge on any atom is 0.227 e. The van der Waals surface area contributed by atoms with Gasteiger partial charge in [0.1, 0.15) is 0 Å². The lowest BCUT2D eigenvalue weighted by Gasteiger charge is -2.26. The van der Waals surface area contributed by atoms with Gasteiger partial charge >= 0.3 is 0 Å². The van der Waals surface area contributed by atoms with Crippen LogP contribution in [0.2, 0.25) is 0 Å². The molecule has 1 aliphatic rings. The number of carbonyl (C=O) groups excluding carboxylic acids is 1. The van der Waals surface area contributed by atoms with Crippen LogP contribution in [0.5, 0.6) is 0 Å². The number of hydrogen-bond acceptors (Lipinski definition) is 2. The minimum Gasteiger partial charge on any atom is -0.330 e. The predicted molar refractivity (Wildman–Crippen MR) is 79.3 cm³/mol. The van der Waals surface area contributed by atoms with E-state index in [4.69, 9.17) is 5.73 Å². The van der Waals surface area contributed by atoms with Gasteiger partial charge in [0.15, 0.2) is 0 Å².